The van der Waals surface area contributed by atoms with Crippen LogP contribution in [0.5, 0.6) is 0 Å². The molecule has 2 aromatic rings. The van der Waals surface area contributed by atoms with E-state index in [2.05, 4.69) is 21.6 Å². The Morgan fingerprint density at radius 3 is 2.83 bits per heavy atom. The number of nitrogens with one attached hydrogen (secondary N) is 1. The SMILES string of the molecule is Cc1nn(CCC#N)c(C)c1CCC(=O)Nc1ccnn1C(C)C. The van der Waals surface area contributed by atoms with E-state index in [1.807, 2.05) is 32.4 Å². The van der Waals surface area contributed by atoms with Gasteiger partial charge >= 0.3 is 0 Å². The first-order valence-electron chi connectivity index (χ1n) is 8.17. The van der Waals surface area contributed by atoms with Gasteiger partial charge in [0.2, 0.25) is 5.91 Å². The van der Waals surface area contributed by atoms with E-state index in [4.69, 9.17) is 5.26 Å². The smallest absolute Gasteiger partial charge is 0.225 e. The number of hydrogen-bond acceptors (Lipinski definition) is 4. The summed E-state index contributed by atoms with van der Waals surface area (Å²) in [6.07, 6.45) is 3.13. The van der Waals surface area contributed by atoms with Gasteiger partial charge in [-0.05, 0) is 39.7 Å². The van der Waals surface area contributed by atoms with Gasteiger partial charge in [0.15, 0.2) is 0 Å². The maximum Gasteiger partial charge on any atom is 0.225 e. The quantitative estimate of drug-likeness (QED) is 0.846. The molecule has 0 radical (unpaired) electrons. The van der Waals surface area contributed by atoms with E-state index in [1.165, 1.54) is 0 Å². The van der Waals surface area contributed by atoms with Gasteiger partial charge in [-0.25, -0.2) is 4.68 Å². The molecule has 7 heteroatoms. The lowest BCUT2D eigenvalue weighted by molar-refractivity contribution is -0.116. The van der Waals surface area contributed by atoms with Gasteiger partial charge in [-0.2, -0.15) is 15.5 Å². The van der Waals surface area contributed by atoms with Crippen molar-refractivity contribution in [2.24, 2.45) is 0 Å². The number of nitrogens with zero attached hydrogens (tertiary/aromatic N) is 5. The van der Waals surface area contributed by atoms with Crippen LogP contribution in [0.3, 0.4) is 0 Å². The normalized spacial score (nSPS) is 10.8. The van der Waals surface area contributed by atoms with E-state index < -0.39 is 0 Å². The Kier molecular flexibility index (Phi) is 5.74. The zero-order valence-electron chi connectivity index (χ0n) is 14.7. The van der Waals surface area contributed by atoms with Crippen LogP contribution in [0.1, 0.15) is 49.7 Å². The lowest BCUT2D eigenvalue weighted by Gasteiger charge is -2.11. The predicted octanol–water partition coefficient (Wildman–Crippen LogP) is 2.76. The molecule has 1 N–H and O–H groups in total. The van der Waals surface area contributed by atoms with Crippen molar-refractivity contribution in [3.8, 4) is 6.07 Å². The molecule has 0 unspecified atom stereocenters. The molecule has 1 amide bonds. The van der Waals surface area contributed by atoms with Crippen LogP contribution in [-0.4, -0.2) is 25.5 Å². The van der Waals surface area contributed by atoms with Crippen LogP contribution in [-0.2, 0) is 17.8 Å². The van der Waals surface area contributed by atoms with Crippen LogP contribution in [0.25, 0.3) is 0 Å². The molecule has 0 fully saturated rings. The van der Waals surface area contributed by atoms with Crippen molar-refractivity contribution < 1.29 is 4.79 Å². The lowest BCUT2D eigenvalue weighted by Crippen LogP contribution is -2.17. The van der Waals surface area contributed by atoms with Gasteiger partial charge in [-0.15, -0.1) is 0 Å². The number of anilines is 1. The summed E-state index contributed by atoms with van der Waals surface area (Å²) in [6, 6.07) is 4.12. The maximum absolute atomic E-state index is 12.2. The molecule has 0 saturated carbocycles. The number of hydrogen-bond donors (Lipinski definition) is 1. The Morgan fingerprint density at radius 2 is 2.17 bits per heavy atom. The Hall–Kier alpha value is -2.62. The van der Waals surface area contributed by atoms with Crippen LogP contribution in [0.15, 0.2) is 12.3 Å². The number of carbonyl (C=O) groups excluding carboxylic acids is 1. The third kappa shape index (κ3) is 4.02. The second-order valence-electron chi connectivity index (χ2n) is 6.08. The number of aryl methyl sites for hydroxylation is 2. The molecule has 24 heavy (non-hydrogen) atoms. The first kappa shape index (κ1) is 17.7. The van der Waals surface area contributed by atoms with Crippen molar-refractivity contribution in [2.45, 2.75) is 59.5 Å². The summed E-state index contributed by atoms with van der Waals surface area (Å²) in [4.78, 5) is 12.2. The molecule has 2 aromatic heterocycles. The molecular formula is C17H24N6O. The molecule has 0 bridgehead atoms. The van der Waals surface area contributed by atoms with Crippen LogP contribution in [0.4, 0.5) is 5.82 Å². The molecule has 0 spiro atoms. The van der Waals surface area contributed by atoms with Crippen molar-refractivity contribution in [2.75, 3.05) is 5.32 Å². The van der Waals surface area contributed by atoms with Crippen molar-refractivity contribution >= 4 is 11.7 Å². The Labute approximate surface area is 142 Å². The van der Waals surface area contributed by atoms with Crippen LogP contribution < -0.4 is 5.32 Å². The Morgan fingerprint density at radius 1 is 1.42 bits per heavy atom. The number of carbonyl (C=O) groups is 1. The first-order valence-corrected chi connectivity index (χ1v) is 8.17. The standard InChI is InChI=1S/C17H24N6O/c1-12(2)23-16(8-10-19-23)20-17(24)7-6-15-13(3)21-22(14(15)4)11-5-9-18/h8,10,12H,5-7,11H2,1-4H3,(H,20,24). The fourth-order valence-electron chi connectivity index (χ4n) is 2.74. The van der Waals surface area contributed by atoms with Crippen molar-refractivity contribution in [1.82, 2.24) is 19.6 Å². The molecule has 2 rings (SSSR count). The summed E-state index contributed by atoms with van der Waals surface area (Å²) in [5.74, 6) is 0.675. The number of nitriles is 1. The summed E-state index contributed by atoms with van der Waals surface area (Å²) >= 11 is 0. The molecule has 7 nitrogen and oxygen atoms in total. The van der Waals surface area contributed by atoms with Gasteiger partial charge in [0.25, 0.3) is 0 Å². The second kappa shape index (κ2) is 7.77. The molecule has 128 valence electrons. The number of rotatable bonds is 7. The minimum atomic E-state index is -0.0408. The third-order valence-electron chi connectivity index (χ3n) is 4.00. The zero-order valence-corrected chi connectivity index (χ0v) is 14.7. The van der Waals surface area contributed by atoms with Gasteiger partial charge in [-0.1, -0.05) is 0 Å². The van der Waals surface area contributed by atoms with E-state index in [0.717, 1.165) is 17.0 Å². The van der Waals surface area contributed by atoms with E-state index >= 15 is 0 Å². The third-order valence-corrected chi connectivity index (χ3v) is 4.00. The summed E-state index contributed by atoms with van der Waals surface area (Å²) in [7, 11) is 0. The summed E-state index contributed by atoms with van der Waals surface area (Å²) in [5, 5.41) is 20.3. The first-order chi connectivity index (χ1) is 11.4. The highest BCUT2D eigenvalue weighted by atomic mass is 16.1. The molecule has 0 aromatic carbocycles. The van der Waals surface area contributed by atoms with Crippen molar-refractivity contribution in [3.05, 3.63) is 29.2 Å². The highest BCUT2D eigenvalue weighted by Crippen LogP contribution is 2.17. The van der Waals surface area contributed by atoms with Crippen molar-refractivity contribution in [1.29, 1.82) is 5.26 Å². The van der Waals surface area contributed by atoms with Crippen LogP contribution in [0.2, 0.25) is 0 Å². The lowest BCUT2D eigenvalue weighted by atomic mass is 10.1. The van der Waals surface area contributed by atoms with Gasteiger partial charge in [0.05, 0.1) is 30.9 Å². The molecule has 0 saturated heterocycles. The highest BCUT2D eigenvalue weighted by Gasteiger charge is 2.14. The summed E-state index contributed by atoms with van der Waals surface area (Å²) < 4.78 is 3.63. The Bertz CT molecular complexity index is 750. The summed E-state index contributed by atoms with van der Waals surface area (Å²) in [5.41, 5.74) is 3.04. The summed E-state index contributed by atoms with van der Waals surface area (Å²) in [6.45, 7) is 8.55. The van der Waals surface area contributed by atoms with Crippen LogP contribution >= 0.6 is 0 Å². The molecule has 2 heterocycles. The van der Waals surface area contributed by atoms with Crippen LogP contribution in [0, 0.1) is 25.2 Å². The monoisotopic (exact) mass is 328 g/mol. The molecule has 0 aliphatic heterocycles. The molecule has 0 aliphatic carbocycles. The molecule has 0 atom stereocenters. The minimum Gasteiger partial charge on any atom is -0.311 e. The molecule has 0 aliphatic rings. The van der Waals surface area contributed by atoms with E-state index in [1.54, 1.807) is 16.9 Å². The average Bonchev–Trinajstić information content (AvgIpc) is 3.09. The van der Waals surface area contributed by atoms with Crippen molar-refractivity contribution in [3.63, 3.8) is 0 Å². The topological polar surface area (TPSA) is 88.5 Å². The largest absolute Gasteiger partial charge is 0.311 e. The number of amides is 1. The van der Waals surface area contributed by atoms with Gasteiger partial charge < -0.3 is 5.32 Å². The molecular weight excluding hydrogens is 304 g/mol. The maximum atomic E-state index is 12.2. The second-order valence-corrected chi connectivity index (χ2v) is 6.08. The predicted molar refractivity (Wildman–Crippen MR) is 91.5 cm³/mol. The van der Waals surface area contributed by atoms with E-state index in [0.29, 0.717) is 31.6 Å². The van der Waals surface area contributed by atoms with Gasteiger partial charge in [0.1, 0.15) is 5.82 Å². The zero-order chi connectivity index (χ0) is 17.7. The minimum absolute atomic E-state index is 0.0408. The van der Waals surface area contributed by atoms with E-state index in [-0.39, 0.29) is 11.9 Å². The fourth-order valence-corrected chi connectivity index (χ4v) is 2.74. The fraction of sp³-hybridized carbons (Fsp3) is 0.529. The van der Waals surface area contributed by atoms with Gasteiger partial charge in [-0.3, -0.25) is 9.48 Å². The highest BCUT2D eigenvalue weighted by molar-refractivity contribution is 5.90. The average molecular weight is 328 g/mol. The number of aromatic nitrogens is 4. The van der Waals surface area contributed by atoms with E-state index in [9.17, 15) is 4.79 Å². The van der Waals surface area contributed by atoms with Gasteiger partial charge in [0, 0.05) is 24.2 Å². The Balaban J connectivity index is 1.98.